The molecule has 19 heavy (non-hydrogen) atoms. The lowest BCUT2D eigenvalue weighted by atomic mass is 10.2. The summed E-state index contributed by atoms with van der Waals surface area (Å²) in [5.74, 6) is -0.0979. The Hall–Kier alpha value is -1.56. The third-order valence-corrected chi connectivity index (χ3v) is 3.12. The fraction of sp³-hybridized carbons (Fsp3) is 0.692. The van der Waals surface area contributed by atoms with Crippen LogP contribution in [0, 0.1) is 0 Å². The van der Waals surface area contributed by atoms with Crippen LogP contribution >= 0.6 is 0 Å². The molecule has 0 aliphatic carbocycles. The minimum Gasteiger partial charge on any atom is -0.395 e. The first-order chi connectivity index (χ1) is 8.93. The highest BCUT2D eigenvalue weighted by Gasteiger charge is 2.25. The van der Waals surface area contributed by atoms with Crippen molar-refractivity contribution in [2.24, 2.45) is 7.05 Å². The summed E-state index contributed by atoms with van der Waals surface area (Å²) in [4.78, 5) is 14.3. The topological polar surface area (TPSA) is 73.4 Å². The SMILES string of the molecule is CCc1nn(C)c(C(=O)N(CCOC)C(C)C)c1N. The number of rotatable bonds is 6. The van der Waals surface area contributed by atoms with E-state index in [1.807, 2.05) is 20.8 Å². The first-order valence-corrected chi connectivity index (χ1v) is 6.55. The van der Waals surface area contributed by atoms with E-state index in [9.17, 15) is 4.79 Å². The fourth-order valence-electron chi connectivity index (χ4n) is 2.03. The minimum absolute atomic E-state index is 0.0852. The maximum Gasteiger partial charge on any atom is 0.274 e. The van der Waals surface area contributed by atoms with E-state index < -0.39 is 0 Å². The smallest absolute Gasteiger partial charge is 0.274 e. The molecule has 0 saturated carbocycles. The molecule has 1 amide bonds. The highest BCUT2D eigenvalue weighted by atomic mass is 16.5. The van der Waals surface area contributed by atoms with Gasteiger partial charge >= 0.3 is 0 Å². The molecule has 0 atom stereocenters. The number of aryl methyl sites for hydroxylation is 2. The quantitative estimate of drug-likeness (QED) is 0.837. The molecular formula is C13H24N4O2. The summed E-state index contributed by atoms with van der Waals surface area (Å²) >= 11 is 0. The number of carbonyl (C=O) groups excluding carboxylic acids is 1. The van der Waals surface area contributed by atoms with Crippen LogP contribution in [0.4, 0.5) is 5.69 Å². The summed E-state index contributed by atoms with van der Waals surface area (Å²) in [6.45, 7) is 6.96. The highest BCUT2D eigenvalue weighted by Crippen LogP contribution is 2.19. The van der Waals surface area contributed by atoms with Crippen LogP contribution in [0.15, 0.2) is 0 Å². The van der Waals surface area contributed by atoms with Gasteiger partial charge in [0.15, 0.2) is 0 Å². The molecule has 1 aromatic rings. The molecule has 0 aliphatic heterocycles. The number of ether oxygens (including phenoxy) is 1. The lowest BCUT2D eigenvalue weighted by Gasteiger charge is -2.26. The van der Waals surface area contributed by atoms with Gasteiger partial charge in [-0.2, -0.15) is 5.10 Å². The number of nitrogen functional groups attached to an aromatic ring is 1. The van der Waals surface area contributed by atoms with Crippen molar-refractivity contribution < 1.29 is 9.53 Å². The summed E-state index contributed by atoms with van der Waals surface area (Å²) in [5, 5.41) is 4.28. The van der Waals surface area contributed by atoms with Crippen LogP contribution < -0.4 is 5.73 Å². The Labute approximate surface area is 114 Å². The van der Waals surface area contributed by atoms with Crippen LogP contribution in [-0.4, -0.2) is 46.9 Å². The van der Waals surface area contributed by atoms with Gasteiger partial charge in [0.1, 0.15) is 5.69 Å². The van der Waals surface area contributed by atoms with Gasteiger partial charge < -0.3 is 15.4 Å². The van der Waals surface area contributed by atoms with Crippen LogP contribution in [0.3, 0.4) is 0 Å². The molecule has 0 saturated heterocycles. The number of aromatic nitrogens is 2. The number of nitrogens with zero attached hydrogens (tertiary/aromatic N) is 3. The Kier molecular flexibility index (Phi) is 5.35. The molecule has 2 N–H and O–H groups in total. The second-order valence-corrected chi connectivity index (χ2v) is 4.77. The van der Waals surface area contributed by atoms with Crippen LogP contribution in [0.5, 0.6) is 0 Å². The Bertz CT molecular complexity index is 440. The monoisotopic (exact) mass is 268 g/mol. The third kappa shape index (κ3) is 3.26. The van der Waals surface area contributed by atoms with Gasteiger partial charge in [0, 0.05) is 26.7 Å². The van der Waals surface area contributed by atoms with Gasteiger partial charge in [-0.25, -0.2) is 0 Å². The van der Waals surface area contributed by atoms with Gasteiger partial charge in [-0.1, -0.05) is 6.92 Å². The van der Waals surface area contributed by atoms with E-state index in [1.165, 1.54) is 0 Å². The maximum atomic E-state index is 12.6. The van der Waals surface area contributed by atoms with Crippen molar-refractivity contribution in [1.82, 2.24) is 14.7 Å². The second-order valence-electron chi connectivity index (χ2n) is 4.77. The number of carbonyl (C=O) groups is 1. The van der Waals surface area contributed by atoms with E-state index >= 15 is 0 Å². The predicted octanol–water partition coefficient (Wildman–Crippen LogP) is 1.06. The largest absolute Gasteiger partial charge is 0.395 e. The van der Waals surface area contributed by atoms with E-state index in [0.29, 0.717) is 31.0 Å². The summed E-state index contributed by atoms with van der Waals surface area (Å²) in [6.07, 6.45) is 0.715. The van der Waals surface area contributed by atoms with Crippen molar-refractivity contribution in [3.05, 3.63) is 11.4 Å². The molecule has 0 aliphatic rings. The molecule has 6 nitrogen and oxygen atoms in total. The van der Waals surface area contributed by atoms with E-state index in [0.717, 1.165) is 5.69 Å². The molecule has 1 rings (SSSR count). The first kappa shape index (κ1) is 15.5. The van der Waals surface area contributed by atoms with Crippen molar-refractivity contribution in [2.45, 2.75) is 33.2 Å². The van der Waals surface area contributed by atoms with Crippen molar-refractivity contribution in [3.8, 4) is 0 Å². The summed E-state index contributed by atoms with van der Waals surface area (Å²) in [6, 6.07) is 0.0852. The molecule has 6 heteroatoms. The molecule has 0 radical (unpaired) electrons. The average Bonchev–Trinajstić information content (AvgIpc) is 2.64. The van der Waals surface area contributed by atoms with Crippen molar-refractivity contribution in [1.29, 1.82) is 0 Å². The van der Waals surface area contributed by atoms with Crippen molar-refractivity contribution >= 4 is 11.6 Å². The second kappa shape index (κ2) is 6.56. The number of hydrogen-bond acceptors (Lipinski definition) is 4. The van der Waals surface area contributed by atoms with Gasteiger partial charge in [0.2, 0.25) is 0 Å². The normalized spacial score (nSPS) is 11.1. The highest BCUT2D eigenvalue weighted by molar-refractivity contribution is 5.98. The lowest BCUT2D eigenvalue weighted by Crippen LogP contribution is -2.40. The molecule has 0 fully saturated rings. The number of amides is 1. The number of anilines is 1. The molecule has 1 heterocycles. The average molecular weight is 268 g/mol. The molecule has 0 unspecified atom stereocenters. The summed E-state index contributed by atoms with van der Waals surface area (Å²) in [7, 11) is 3.37. The van der Waals surface area contributed by atoms with Crippen LogP contribution in [0.2, 0.25) is 0 Å². The van der Waals surface area contributed by atoms with Gasteiger partial charge in [-0.15, -0.1) is 0 Å². The van der Waals surface area contributed by atoms with E-state index in [2.05, 4.69) is 5.10 Å². The van der Waals surface area contributed by atoms with Gasteiger partial charge in [0.05, 0.1) is 18.0 Å². The Morgan fingerprint density at radius 2 is 2.16 bits per heavy atom. The van der Waals surface area contributed by atoms with Crippen molar-refractivity contribution in [3.63, 3.8) is 0 Å². The van der Waals surface area contributed by atoms with Crippen LogP contribution in [-0.2, 0) is 18.2 Å². The first-order valence-electron chi connectivity index (χ1n) is 6.55. The number of nitrogens with two attached hydrogens (primary N) is 1. The van der Waals surface area contributed by atoms with Gasteiger partial charge in [-0.3, -0.25) is 9.48 Å². The maximum absolute atomic E-state index is 12.6. The summed E-state index contributed by atoms with van der Waals surface area (Å²) in [5.41, 5.74) is 7.73. The minimum atomic E-state index is -0.0979. The zero-order valence-electron chi connectivity index (χ0n) is 12.4. The molecule has 0 bridgehead atoms. The molecule has 1 aromatic heterocycles. The Morgan fingerprint density at radius 1 is 1.53 bits per heavy atom. The van der Waals surface area contributed by atoms with Crippen LogP contribution in [0.25, 0.3) is 0 Å². The summed E-state index contributed by atoms with van der Waals surface area (Å²) < 4.78 is 6.62. The third-order valence-electron chi connectivity index (χ3n) is 3.12. The zero-order chi connectivity index (χ0) is 14.6. The van der Waals surface area contributed by atoms with E-state index in [1.54, 1.807) is 23.7 Å². The van der Waals surface area contributed by atoms with E-state index in [4.69, 9.17) is 10.5 Å². The van der Waals surface area contributed by atoms with Crippen LogP contribution in [0.1, 0.15) is 37.0 Å². The molecule has 0 spiro atoms. The zero-order valence-corrected chi connectivity index (χ0v) is 12.4. The number of hydrogen-bond donors (Lipinski definition) is 1. The number of methoxy groups -OCH3 is 1. The predicted molar refractivity (Wildman–Crippen MR) is 75.0 cm³/mol. The van der Waals surface area contributed by atoms with E-state index in [-0.39, 0.29) is 11.9 Å². The molecule has 0 aromatic carbocycles. The molecular weight excluding hydrogens is 244 g/mol. The van der Waals surface area contributed by atoms with Gasteiger partial charge in [0.25, 0.3) is 5.91 Å². The Morgan fingerprint density at radius 3 is 2.58 bits per heavy atom. The Balaban J connectivity index is 3.06. The van der Waals surface area contributed by atoms with Gasteiger partial charge in [-0.05, 0) is 20.3 Å². The lowest BCUT2D eigenvalue weighted by molar-refractivity contribution is 0.0625. The van der Waals surface area contributed by atoms with Crippen molar-refractivity contribution in [2.75, 3.05) is 26.0 Å². The standard InChI is InChI=1S/C13H24N4O2/c1-6-10-11(14)12(16(4)15-10)13(18)17(9(2)3)7-8-19-5/h9H,6-8,14H2,1-5H3. The molecule has 108 valence electrons. The fourth-order valence-corrected chi connectivity index (χ4v) is 2.03.